The van der Waals surface area contributed by atoms with E-state index in [9.17, 15) is 26.3 Å². The molecule has 0 unspecified atom stereocenters. The number of alkyl halides is 6. The van der Waals surface area contributed by atoms with Crippen LogP contribution in [0.15, 0.2) is 46.6 Å². The van der Waals surface area contributed by atoms with Gasteiger partial charge >= 0.3 is 12.4 Å². The van der Waals surface area contributed by atoms with Crippen LogP contribution < -0.4 is 0 Å². The molecule has 0 radical (unpaired) electrons. The lowest BCUT2D eigenvalue weighted by Gasteiger charge is -2.08. The zero-order valence-electron chi connectivity index (χ0n) is 15.8. The summed E-state index contributed by atoms with van der Waals surface area (Å²) in [5.41, 5.74) is -1.01. The van der Waals surface area contributed by atoms with Gasteiger partial charge in [0.25, 0.3) is 0 Å². The van der Waals surface area contributed by atoms with E-state index in [2.05, 4.69) is 31.8 Å². The topological polar surface area (TPSA) is 71.2 Å². The molecule has 0 bridgehead atoms. The first-order valence-corrected chi connectivity index (χ1v) is 9.69. The summed E-state index contributed by atoms with van der Waals surface area (Å²) in [6, 6.07) is 4.40. The fourth-order valence-corrected chi connectivity index (χ4v) is 2.93. The summed E-state index contributed by atoms with van der Waals surface area (Å²) < 4.78 is 79.1. The highest BCUT2D eigenvalue weighted by Crippen LogP contribution is 2.37. The summed E-state index contributed by atoms with van der Waals surface area (Å²) >= 11 is 1.02. The fraction of sp³-hybridized carbons (Fsp3) is 0.222. The highest BCUT2D eigenvalue weighted by atomic mass is 32.2. The lowest BCUT2D eigenvalue weighted by atomic mass is 10.1. The van der Waals surface area contributed by atoms with Crippen LogP contribution in [0.2, 0.25) is 0 Å². The molecule has 1 N–H and O–H groups in total. The second-order valence-electron chi connectivity index (χ2n) is 6.11. The van der Waals surface area contributed by atoms with Crippen molar-refractivity contribution in [3.05, 3.63) is 53.6 Å². The van der Waals surface area contributed by atoms with Gasteiger partial charge in [0.15, 0.2) is 11.0 Å². The number of hydrogen-bond acceptors (Lipinski definition) is 4. The number of rotatable bonds is 4. The van der Waals surface area contributed by atoms with Crippen LogP contribution >= 0.6 is 11.8 Å². The van der Waals surface area contributed by atoms with Crippen molar-refractivity contribution in [1.29, 1.82) is 0 Å². The summed E-state index contributed by atoms with van der Waals surface area (Å²) in [5.74, 6) is -0.225. The predicted octanol–water partition coefficient (Wildman–Crippen LogP) is 5.41. The molecule has 0 saturated heterocycles. The summed E-state index contributed by atoms with van der Waals surface area (Å²) in [6.07, 6.45) is -5.53. The molecule has 164 valence electrons. The van der Waals surface area contributed by atoms with Crippen molar-refractivity contribution in [1.82, 2.24) is 19.7 Å². The highest BCUT2D eigenvalue weighted by molar-refractivity contribution is 8.13. The number of hydrogen-bond donors (Lipinski definition) is 1. The minimum absolute atomic E-state index is 0.0251. The van der Waals surface area contributed by atoms with Crippen LogP contribution in [0.1, 0.15) is 17.0 Å². The lowest BCUT2D eigenvalue weighted by Crippen LogP contribution is -2.07. The van der Waals surface area contributed by atoms with Crippen molar-refractivity contribution in [2.45, 2.75) is 18.9 Å². The van der Waals surface area contributed by atoms with Gasteiger partial charge in [0.05, 0.1) is 23.7 Å². The van der Waals surface area contributed by atoms with Crippen molar-refractivity contribution in [3.8, 4) is 11.3 Å². The van der Waals surface area contributed by atoms with Crippen LogP contribution in [0.5, 0.6) is 0 Å². The van der Waals surface area contributed by atoms with Gasteiger partial charge in [0.2, 0.25) is 0 Å². The molecule has 13 heteroatoms. The maximum Gasteiger partial charge on any atom is 0.421 e. The van der Waals surface area contributed by atoms with Crippen LogP contribution in [0.3, 0.4) is 0 Å². The molecule has 0 amide bonds. The van der Waals surface area contributed by atoms with Gasteiger partial charge in [-0.05, 0) is 30.7 Å². The molecule has 0 spiro atoms. The van der Waals surface area contributed by atoms with Crippen molar-refractivity contribution in [3.63, 3.8) is 0 Å². The third-order valence-electron chi connectivity index (χ3n) is 4.09. The first kappa shape index (κ1) is 22.6. The maximum atomic E-state index is 13.3. The summed E-state index contributed by atoms with van der Waals surface area (Å²) in [5, 5.41) is 3.78. The summed E-state index contributed by atoms with van der Waals surface area (Å²) in [7, 11) is 0. The minimum Gasteiger partial charge on any atom is -0.340 e. The zero-order valence-corrected chi connectivity index (χ0v) is 16.6. The van der Waals surface area contributed by atoms with Gasteiger partial charge in [0, 0.05) is 0 Å². The monoisotopic (exact) mass is 460 g/mol. The molecule has 2 heterocycles. The van der Waals surface area contributed by atoms with Crippen molar-refractivity contribution < 1.29 is 26.3 Å². The molecule has 6 nitrogen and oxygen atoms in total. The number of nitrogens with one attached hydrogen (secondary N) is 1. The second kappa shape index (κ2) is 8.57. The Balaban J connectivity index is 1.91. The Hall–Kier alpha value is -3.09. The molecule has 3 rings (SSSR count). The van der Waals surface area contributed by atoms with Gasteiger partial charge in [-0.1, -0.05) is 23.9 Å². The molecule has 0 fully saturated rings. The SMILES string of the molecule is C=N/C(=N\c1c(C(F)(F)F)cnn1Cc1ncc(-c2ccc(C(F)(F)F)cc2)[nH]1)SC. The predicted molar refractivity (Wildman–Crippen MR) is 106 cm³/mol. The highest BCUT2D eigenvalue weighted by Gasteiger charge is 2.37. The van der Waals surface area contributed by atoms with E-state index in [0.29, 0.717) is 17.5 Å². The Labute approximate surface area is 176 Å². The summed E-state index contributed by atoms with van der Waals surface area (Å²) in [6.45, 7) is 3.09. The van der Waals surface area contributed by atoms with Crippen molar-refractivity contribution >= 4 is 29.5 Å². The minimum atomic E-state index is -4.68. The molecular formula is C18H14F6N6S. The molecule has 0 aliphatic rings. The third kappa shape index (κ3) is 5.16. The number of aliphatic imine (C=N–C) groups is 2. The number of H-pyrrole nitrogens is 1. The van der Waals surface area contributed by atoms with Gasteiger partial charge in [-0.3, -0.25) is 0 Å². The standard InChI is InChI=1S/C18H14F6N6S/c1-25-16(31-2)29-15-12(18(22,23)24)7-27-30(15)9-14-26-8-13(28-14)10-3-5-11(6-4-10)17(19,20)21/h3-8H,1,9H2,2H3,(H,26,28)/b29-16+. The molecular weight excluding hydrogens is 446 g/mol. The number of aromatic nitrogens is 4. The van der Waals surface area contributed by atoms with Gasteiger partial charge in [-0.25, -0.2) is 19.7 Å². The van der Waals surface area contributed by atoms with Gasteiger partial charge in [-0.15, -0.1) is 0 Å². The van der Waals surface area contributed by atoms with E-state index in [1.165, 1.54) is 18.3 Å². The Morgan fingerprint density at radius 3 is 2.32 bits per heavy atom. The Kier molecular flexibility index (Phi) is 6.25. The van der Waals surface area contributed by atoms with Gasteiger partial charge < -0.3 is 4.98 Å². The number of amidine groups is 1. The lowest BCUT2D eigenvalue weighted by molar-refractivity contribution is -0.138. The average molecular weight is 460 g/mol. The largest absolute Gasteiger partial charge is 0.421 e. The van der Waals surface area contributed by atoms with E-state index in [1.54, 1.807) is 6.26 Å². The van der Waals surface area contributed by atoms with Crippen LogP contribution in [0.4, 0.5) is 32.2 Å². The van der Waals surface area contributed by atoms with E-state index in [1.807, 2.05) is 0 Å². The Bertz CT molecular complexity index is 1090. The van der Waals surface area contributed by atoms with Crippen LogP contribution in [0.25, 0.3) is 11.3 Å². The van der Waals surface area contributed by atoms with Crippen LogP contribution in [-0.2, 0) is 18.9 Å². The molecule has 0 saturated carbocycles. The molecule has 31 heavy (non-hydrogen) atoms. The van der Waals surface area contributed by atoms with Gasteiger partial charge in [-0.2, -0.15) is 31.4 Å². The number of nitrogens with zero attached hydrogens (tertiary/aromatic N) is 5. The molecule has 0 aliphatic carbocycles. The first-order chi connectivity index (χ1) is 14.5. The molecule has 1 aromatic carbocycles. The third-order valence-corrected chi connectivity index (χ3v) is 4.67. The Morgan fingerprint density at radius 2 is 1.77 bits per heavy atom. The number of thioether (sulfide) groups is 1. The van der Waals surface area contributed by atoms with Crippen molar-refractivity contribution in [2.24, 2.45) is 9.98 Å². The molecule has 2 aromatic heterocycles. The first-order valence-electron chi connectivity index (χ1n) is 8.47. The average Bonchev–Trinajstić information content (AvgIpc) is 3.33. The quantitative estimate of drug-likeness (QED) is 0.322. The van der Waals surface area contributed by atoms with E-state index in [0.717, 1.165) is 28.6 Å². The fourth-order valence-electron chi connectivity index (χ4n) is 2.62. The Morgan fingerprint density at radius 1 is 1.10 bits per heavy atom. The number of aromatic amines is 1. The summed E-state index contributed by atoms with van der Waals surface area (Å²) in [4.78, 5) is 14.4. The van der Waals surface area contributed by atoms with E-state index in [-0.39, 0.29) is 17.5 Å². The van der Waals surface area contributed by atoms with Crippen molar-refractivity contribution in [2.75, 3.05) is 6.26 Å². The number of halogens is 6. The number of imidazole rings is 1. The van der Waals surface area contributed by atoms with E-state index < -0.39 is 29.3 Å². The normalized spacial score (nSPS) is 12.9. The number of benzene rings is 1. The van der Waals surface area contributed by atoms with Crippen LogP contribution in [0, 0.1) is 0 Å². The second-order valence-corrected chi connectivity index (χ2v) is 6.89. The maximum absolute atomic E-state index is 13.3. The van der Waals surface area contributed by atoms with E-state index in [4.69, 9.17) is 0 Å². The van der Waals surface area contributed by atoms with Gasteiger partial charge in [0.1, 0.15) is 17.9 Å². The smallest absolute Gasteiger partial charge is 0.340 e. The molecule has 0 aliphatic heterocycles. The zero-order chi connectivity index (χ0) is 22.8. The molecule has 0 atom stereocenters. The molecule has 3 aromatic rings. The van der Waals surface area contributed by atoms with E-state index >= 15 is 0 Å². The van der Waals surface area contributed by atoms with Crippen LogP contribution in [-0.4, -0.2) is 37.9 Å².